The normalized spacial score (nSPS) is 11.5. The Balaban J connectivity index is 2.26. The van der Waals surface area contributed by atoms with Crippen LogP contribution >= 0.6 is 11.6 Å². The van der Waals surface area contributed by atoms with E-state index < -0.39 is 5.97 Å². The molecule has 6 nitrogen and oxygen atoms in total. The van der Waals surface area contributed by atoms with Crippen LogP contribution in [0.3, 0.4) is 0 Å². The second kappa shape index (κ2) is 9.56. The van der Waals surface area contributed by atoms with Gasteiger partial charge >= 0.3 is 5.97 Å². The summed E-state index contributed by atoms with van der Waals surface area (Å²) in [5.74, 6) is 0.0329. The highest BCUT2D eigenvalue weighted by Crippen LogP contribution is 2.42. The largest absolute Gasteiger partial charge is 0.505 e. The van der Waals surface area contributed by atoms with E-state index >= 15 is 0 Å². The van der Waals surface area contributed by atoms with E-state index in [1.807, 2.05) is 20.8 Å². The number of hydrogen-bond acceptors (Lipinski definition) is 6. The van der Waals surface area contributed by atoms with Crippen molar-refractivity contribution in [3.05, 3.63) is 59.1 Å². The summed E-state index contributed by atoms with van der Waals surface area (Å²) in [4.78, 5) is 11.4. The molecule has 0 heterocycles. The molecular formula is C22H25ClN2O4. The molecule has 0 aliphatic heterocycles. The van der Waals surface area contributed by atoms with Gasteiger partial charge in [-0.25, -0.2) is 4.79 Å². The average molecular weight is 417 g/mol. The number of carbonyl (C=O) groups excluding carboxylic acids is 1. The Morgan fingerprint density at radius 1 is 1.14 bits per heavy atom. The molecule has 0 saturated carbocycles. The Morgan fingerprint density at radius 3 is 2.41 bits per heavy atom. The van der Waals surface area contributed by atoms with E-state index in [9.17, 15) is 9.90 Å². The molecule has 0 aliphatic rings. The number of azo groups is 1. The predicted molar refractivity (Wildman–Crippen MR) is 114 cm³/mol. The van der Waals surface area contributed by atoms with E-state index in [1.54, 1.807) is 43.3 Å². The van der Waals surface area contributed by atoms with Crippen molar-refractivity contribution < 1.29 is 19.4 Å². The molecule has 2 aromatic rings. The van der Waals surface area contributed by atoms with Crippen molar-refractivity contribution in [2.75, 3.05) is 13.2 Å². The third kappa shape index (κ3) is 6.32. The average Bonchev–Trinajstić information content (AvgIpc) is 2.65. The number of ether oxygens (including phenoxy) is 2. The predicted octanol–water partition coefficient (Wildman–Crippen LogP) is 6.26. The first-order chi connectivity index (χ1) is 13.6. The van der Waals surface area contributed by atoms with Crippen LogP contribution in [0.15, 0.2) is 58.8 Å². The Hall–Kier alpha value is -2.86. The summed E-state index contributed by atoms with van der Waals surface area (Å²) in [6.07, 6.45) is 0. The molecule has 0 radical (unpaired) electrons. The number of halogens is 1. The monoisotopic (exact) mass is 416 g/mol. The van der Waals surface area contributed by atoms with Crippen LogP contribution in [-0.4, -0.2) is 24.3 Å². The summed E-state index contributed by atoms with van der Waals surface area (Å²) in [7, 11) is 0. The van der Waals surface area contributed by atoms with Crippen molar-refractivity contribution in [2.45, 2.75) is 33.1 Å². The quantitative estimate of drug-likeness (QED) is 0.250. The molecule has 154 valence electrons. The third-order valence-electron chi connectivity index (χ3n) is 3.92. The molecule has 0 aromatic heterocycles. The molecule has 0 amide bonds. The van der Waals surface area contributed by atoms with E-state index in [0.29, 0.717) is 27.6 Å². The molecule has 2 rings (SSSR count). The zero-order chi connectivity index (χ0) is 21.6. The molecule has 0 aliphatic carbocycles. The molecule has 0 spiro atoms. The summed E-state index contributed by atoms with van der Waals surface area (Å²) in [5.41, 5.74) is 1.37. The van der Waals surface area contributed by atoms with Crippen molar-refractivity contribution in [3.8, 4) is 11.5 Å². The van der Waals surface area contributed by atoms with Crippen molar-refractivity contribution in [1.82, 2.24) is 0 Å². The van der Waals surface area contributed by atoms with Crippen LogP contribution < -0.4 is 4.74 Å². The second-order valence-corrected chi connectivity index (χ2v) is 7.91. The zero-order valence-corrected chi connectivity index (χ0v) is 17.8. The fourth-order valence-corrected chi connectivity index (χ4v) is 2.56. The number of esters is 1. The van der Waals surface area contributed by atoms with Gasteiger partial charge in [-0.15, -0.1) is 10.2 Å². The standard InChI is InChI=1S/C22H25ClN2O4/c1-14(2)21(27)29-11-10-28-15-12-16(22(3,4)5)20(26)19(13-15)25-24-18-9-7-6-8-17(18)23/h6-9,12-13,26H,1,10-11H2,2-5H3. The second-order valence-electron chi connectivity index (χ2n) is 7.50. The summed E-state index contributed by atoms with van der Waals surface area (Å²) in [6, 6.07) is 10.3. The minimum Gasteiger partial charge on any atom is -0.505 e. The smallest absolute Gasteiger partial charge is 0.333 e. The topological polar surface area (TPSA) is 80.5 Å². The van der Waals surface area contributed by atoms with Gasteiger partial charge in [-0.3, -0.25) is 0 Å². The van der Waals surface area contributed by atoms with E-state index in [-0.39, 0.29) is 30.1 Å². The molecular weight excluding hydrogens is 392 g/mol. The highest BCUT2D eigenvalue weighted by molar-refractivity contribution is 6.32. The lowest BCUT2D eigenvalue weighted by molar-refractivity contribution is -0.139. The first-order valence-electron chi connectivity index (χ1n) is 9.09. The van der Waals surface area contributed by atoms with Gasteiger partial charge in [0.1, 0.15) is 36.1 Å². The maximum atomic E-state index is 11.4. The zero-order valence-electron chi connectivity index (χ0n) is 17.0. The summed E-state index contributed by atoms with van der Waals surface area (Å²) < 4.78 is 10.7. The number of rotatable bonds is 7. The first-order valence-corrected chi connectivity index (χ1v) is 9.46. The SMILES string of the molecule is C=C(C)C(=O)OCCOc1cc(N=Nc2ccccc2Cl)c(O)c(C(C)(C)C)c1. The van der Waals surface area contributed by atoms with Crippen molar-refractivity contribution in [2.24, 2.45) is 10.2 Å². The van der Waals surface area contributed by atoms with Gasteiger partial charge in [0.2, 0.25) is 0 Å². The van der Waals surface area contributed by atoms with Gasteiger partial charge in [-0.2, -0.15) is 0 Å². The third-order valence-corrected chi connectivity index (χ3v) is 4.24. The van der Waals surface area contributed by atoms with Gasteiger partial charge in [-0.05, 0) is 30.5 Å². The fourth-order valence-electron chi connectivity index (χ4n) is 2.38. The van der Waals surface area contributed by atoms with Crippen LogP contribution in [0.5, 0.6) is 11.5 Å². The van der Waals surface area contributed by atoms with Gasteiger partial charge in [0, 0.05) is 17.2 Å². The Kier molecular flexibility index (Phi) is 7.40. The van der Waals surface area contributed by atoms with E-state index in [1.165, 1.54) is 0 Å². The summed E-state index contributed by atoms with van der Waals surface area (Å²) >= 11 is 6.11. The number of carbonyl (C=O) groups is 1. The lowest BCUT2D eigenvalue weighted by atomic mass is 9.86. The van der Waals surface area contributed by atoms with Crippen LogP contribution in [0.4, 0.5) is 11.4 Å². The van der Waals surface area contributed by atoms with Crippen LogP contribution in [-0.2, 0) is 14.9 Å². The molecule has 0 fully saturated rings. The van der Waals surface area contributed by atoms with Crippen LogP contribution in [0.2, 0.25) is 5.02 Å². The summed E-state index contributed by atoms with van der Waals surface area (Å²) in [5, 5.41) is 19.4. The van der Waals surface area contributed by atoms with E-state index in [0.717, 1.165) is 0 Å². The lowest BCUT2D eigenvalue weighted by Crippen LogP contribution is -2.14. The van der Waals surface area contributed by atoms with Crippen molar-refractivity contribution in [3.63, 3.8) is 0 Å². The number of nitrogens with zero attached hydrogens (tertiary/aromatic N) is 2. The van der Waals surface area contributed by atoms with Gasteiger partial charge < -0.3 is 14.6 Å². The fraction of sp³-hybridized carbons (Fsp3) is 0.318. The Morgan fingerprint density at radius 2 is 1.79 bits per heavy atom. The molecule has 0 saturated heterocycles. The maximum absolute atomic E-state index is 11.4. The van der Waals surface area contributed by atoms with Gasteiger partial charge in [0.15, 0.2) is 0 Å². The number of phenols is 1. The lowest BCUT2D eigenvalue weighted by Gasteiger charge is -2.22. The number of aromatic hydroxyl groups is 1. The minimum absolute atomic E-state index is 0.0226. The van der Waals surface area contributed by atoms with Crippen molar-refractivity contribution >= 4 is 28.9 Å². The van der Waals surface area contributed by atoms with Crippen molar-refractivity contribution in [1.29, 1.82) is 0 Å². The van der Waals surface area contributed by atoms with Gasteiger partial charge in [0.25, 0.3) is 0 Å². The van der Waals surface area contributed by atoms with Crippen LogP contribution in [0.25, 0.3) is 0 Å². The molecule has 0 atom stereocenters. The van der Waals surface area contributed by atoms with Gasteiger partial charge in [-0.1, -0.05) is 51.1 Å². The molecule has 29 heavy (non-hydrogen) atoms. The first kappa shape index (κ1) is 22.4. The molecule has 0 bridgehead atoms. The molecule has 0 unspecified atom stereocenters. The van der Waals surface area contributed by atoms with Crippen LogP contribution in [0.1, 0.15) is 33.3 Å². The van der Waals surface area contributed by atoms with Gasteiger partial charge in [0.05, 0.1) is 5.02 Å². The number of hydrogen-bond donors (Lipinski definition) is 1. The highest BCUT2D eigenvalue weighted by Gasteiger charge is 2.22. The maximum Gasteiger partial charge on any atom is 0.333 e. The minimum atomic E-state index is -0.469. The highest BCUT2D eigenvalue weighted by atomic mass is 35.5. The molecule has 7 heteroatoms. The molecule has 2 aromatic carbocycles. The Labute approximate surface area is 175 Å². The summed E-state index contributed by atoms with van der Waals surface area (Å²) in [6.45, 7) is 11.2. The molecule has 1 N–H and O–H groups in total. The van der Waals surface area contributed by atoms with E-state index in [4.69, 9.17) is 21.1 Å². The van der Waals surface area contributed by atoms with Crippen LogP contribution in [0, 0.1) is 0 Å². The number of benzene rings is 2. The van der Waals surface area contributed by atoms with E-state index in [2.05, 4.69) is 16.8 Å². The number of phenolic OH excluding ortho intramolecular Hbond substituents is 1. The Bertz CT molecular complexity index is 933.